The number of nitrogens with zero attached hydrogens (tertiary/aromatic N) is 3. The van der Waals surface area contributed by atoms with Crippen molar-refractivity contribution in [3.8, 4) is 0 Å². The Labute approximate surface area is 121 Å². The lowest BCUT2D eigenvalue weighted by Gasteiger charge is -2.09. The minimum absolute atomic E-state index is 0.132. The van der Waals surface area contributed by atoms with Crippen LogP contribution in [0.5, 0.6) is 0 Å². The maximum Gasteiger partial charge on any atom is 0.196 e. The molecule has 0 aliphatic heterocycles. The van der Waals surface area contributed by atoms with E-state index in [0.29, 0.717) is 5.52 Å². The zero-order valence-corrected chi connectivity index (χ0v) is 11.0. The maximum absolute atomic E-state index is 13.7. The van der Waals surface area contributed by atoms with Crippen LogP contribution in [-0.2, 0) is 0 Å². The molecule has 4 nitrogen and oxygen atoms in total. The minimum Gasteiger partial charge on any atom is -0.336 e. The fourth-order valence-electron chi connectivity index (χ4n) is 1.76. The molecule has 0 radical (unpaired) electrons. The summed E-state index contributed by atoms with van der Waals surface area (Å²) in [6.07, 6.45) is 1.23. The van der Waals surface area contributed by atoms with Crippen LogP contribution < -0.4 is 5.32 Å². The van der Waals surface area contributed by atoms with E-state index in [1.54, 1.807) is 12.1 Å². The molecule has 1 N–H and O–H groups in total. The molecule has 0 amide bonds. The van der Waals surface area contributed by atoms with E-state index >= 15 is 0 Å². The molecule has 3 aromatic rings. The van der Waals surface area contributed by atoms with Gasteiger partial charge in [0, 0.05) is 0 Å². The van der Waals surface area contributed by atoms with E-state index < -0.39 is 17.5 Å². The van der Waals surface area contributed by atoms with Crippen molar-refractivity contribution in [2.45, 2.75) is 0 Å². The third kappa shape index (κ3) is 2.47. The van der Waals surface area contributed by atoms with Gasteiger partial charge in [0.1, 0.15) is 17.0 Å². The first-order valence-corrected chi connectivity index (χ1v) is 6.12. The smallest absolute Gasteiger partial charge is 0.196 e. The molecule has 0 saturated heterocycles. The molecule has 8 heteroatoms. The standard InChI is InChI=1S/C13H6ClF3N4/c14-9-4-3-8-12(21-9)13(19-5-18-8)20-7-2-1-6(15)10(16)11(7)17/h1-5H,(H,18,19,20). The molecule has 0 bridgehead atoms. The molecule has 0 saturated carbocycles. The van der Waals surface area contributed by atoms with Gasteiger partial charge in [0.05, 0.1) is 11.2 Å². The van der Waals surface area contributed by atoms with E-state index in [4.69, 9.17) is 11.6 Å². The molecule has 0 unspecified atom stereocenters. The summed E-state index contributed by atoms with van der Waals surface area (Å²) in [6.45, 7) is 0. The lowest BCUT2D eigenvalue weighted by Crippen LogP contribution is -2.02. The average Bonchev–Trinajstić information content (AvgIpc) is 2.48. The van der Waals surface area contributed by atoms with Crippen molar-refractivity contribution in [3.63, 3.8) is 0 Å². The third-order valence-electron chi connectivity index (χ3n) is 2.74. The predicted molar refractivity (Wildman–Crippen MR) is 71.9 cm³/mol. The molecule has 2 aromatic heterocycles. The average molecular weight is 311 g/mol. The Morgan fingerprint density at radius 3 is 2.57 bits per heavy atom. The largest absolute Gasteiger partial charge is 0.336 e. The summed E-state index contributed by atoms with van der Waals surface area (Å²) < 4.78 is 39.8. The van der Waals surface area contributed by atoms with Gasteiger partial charge in [-0.15, -0.1) is 0 Å². The topological polar surface area (TPSA) is 50.7 Å². The van der Waals surface area contributed by atoms with Crippen molar-refractivity contribution in [1.29, 1.82) is 0 Å². The van der Waals surface area contributed by atoms with Crippen LogP contribution in [0.25, 0.3) is 11.0 Å². The first-order chi connectivity index (χ1) is 10.1. The Kier molecular flexibility index (Phi) is 3.34. The summed E-state index contributed by atoms with van der Waals surface area (Å²) in [4.78, 5) is 11.9. The Morgan fingerprint density at radius 2 is 1.76 bits per heavy atom. The van der Waals surface area contributed by atoms with Crippen LogP contribution in [0.3, 0.4) is 0 Å². The molecule has 0 aliphatic rings. The number of benzene rings is 1. The van der Waals surface area contributed by atoms with Crippen LogP contribution in [0.15, 0.2) is 30.6 Å². The van der Waals surface area contributed by atoms with Crippen molar-refractivity contribution < 1.29 is 13.2 Å². The van der Waals surface area contributed by atoms with Gasteiger partial charge in [-0.2, -0.15) is 0 Å². The summed E-state index contributed by atoms with van der Waals surface area (Å²) in [6, 6.07) is 5.02. The van der Waals surface area contributed by atoms with Gasteiger partial charge in [-0.05, 0) is 24.3 Å². The number of fused-ring (bicyclic) bond motifs is 1. The number of hydrogen-bond acceptors (Lipinski definition) is 4. The number of pyridine rings is 1. The molecule has 3 rings (SSSR count). The fourth-order valence-corrected chi connectivity index (χ4v) is 1.91. The lowest BCUT2D eigenvalue weighted by atomic mass is 10.2. The van der Waals surface area contributed by atoms with Crippen molar-refractivity contribution in [2.75, 3.05) is 5.32 Å². The van der Waals surface area contributed by atoms with Crippen LogP contribution in [0.1, 0.15) is 0 Å². The molecule has 0 aliphatic carbocycles. The van der Waals surface area contributed by atoms with Crippen molar-refractivity contribution >= 4 is 34.1 Å². The van der Waals surface area contributed by atoms with Crippen molar-refractivity contribution in [2.24, 2.45) is 0 Å². The molecule has 106 valence electrons. The summed E-state index contributed by atoms with van der Waals surface area (Å²) in [7, 11) is 0. The quantitative estimate of drug-likeness (QED) is 0.577. The van der Waals surface area contributed by atoms with E-state index in [2.05, 4.69) is 20.3 Å². The van der Waals surface area contributed by atoms with Crippen molar-refractivity contribution in [3.05, 3.63) is 53.2 Å². The molecule has 21 heavy (non-hydrogen) atoms. The van der Waals surface area contributed by atoms with Gasteiger partial charge in [0.25, 0.3) is 0 Å². The highest BCUT2D eigenvalue weighted by molar-refractivity contribution is 6.29. The molecule has 0 atom stereocenters. The molecule has 0 fully saturated rings. The highest BCUT2D eigenvalue weighted by atomic mass is 35.5. The van der Waals surface area contributed by atoms with Crippen LogP contribution in [0.4, 0.5) is 24.7 Å². The number of rotatable bonds is 2. The van der Waals surface area contributed by atoms with Gasteiger partial charge in [-0.1, -0.05) is 11.6 Å². The Balaban J connectivity index is 2.10. The van der Waals surface area contributed by atoms with Crippen LogP contribution in [0.2, 0.25) is 5.15 Å². The predicted octanol–water partition coefficient (Wildman–Crippen LogP) is 3.84. The van der Waals surface area contributed by atoms with Crippen molar-refractivity contribution in [1.82, 2.24) is 15.0 Å². The number of hydrogen-bond donors (Lipinski definition) is 1. The van der Waals surface area contributed by atoms with Gasteiger partial charge < -0.3 is 5.32 Å². The van der Waals surface area contributed by atoms with Gasteiger partial charge >= 0.3 is 0 Å². The SMILES string of the molecule is Fc1ccc(Nc2ncnc3ccc(Cl)nc23)c(F)c1F. The van der Waals surface area contributed by atoms with E-state index in [1.807, 2.05) is 0 Å². The number of nitrogens with one attached hydrogen (secondary N) is 1. The summed E-state index contributed by atoms with van der Waals surface area (Å²) in [5.41, 5.74) is 0.490. The van der Waals surface area contributed by atoms with Gasteiger partial charge in [0.15, 0.2) is 23.3 Å². The highest BCUT2D eigenvalue weighted by Crippen LogP contribution is 2.26. The van der Waals surface area contributed by atoms with Crippen LogP contribution in [0, 0.1) is 17.5 Å². The van der Waals surface area contributed by atoms with Gasteiger partial charge in [-0.25, -0.2) is 28.1 Å². The highest BCUT2D eigenvalue weighted by Gasteiger charge is 2.15. The lowest BCUT2D eigenvalue weighted by molar-refractivity contribution is 0.449. The Morgan fingerprint density at radius 1 is 0.952 bits per heavy atom. The zero-order valence-electron chi connectivity index (χ0n) is 10.2. The summed E-state index contributed by atoms with van der Waals surface area (Å²) in [5, 5.41) is 2.76. The minimum atomic E-state index is -1.57. The monoisotopic (exact) mass is 310 g/mol. The molecule has 0 spiro atoms. The number of anilines is 2. The first-order valence-electron chi connectivity index (χ1n) is 5.74. The number of aromatic nitrogens is 3. The summed E-state index contributed by atoms with van der Waals surface area (Å²) >= 11 is 5.79. The normalized spacial score (nSPS) is 10.9. The second kappa shape index (κ2) is 5.17. The van der Waals surface area contributed by atoms with E-state index in [0.717, 1.165) is 12.1 Å². The maximum atomic E-state index is 13.7. The van der Waals surface area contributed by atoms with E-state index in [1.165, 1.54) is 6.33 Å². The van der Waals surface area contributed by atoms with Crippen LogP contribution in [-0.4, -0.2) is 15.0 Å². The second-order valence-corrected chi connectivity index (χ2v) is 4.46. The molecular weight excluding hydrogens is 305 g/mol. The zero-order chi connectivity index (χ0) is 15.0. The van der Waals surface area contributed by atoms with Gasteiger partial charge in [0.2, 0.25) is 0 Å². The fraction of sp³-hybridized carbons (Fsp3) is 0. The Hall–Kier alpha value is -2.41. The Bertz CT molecular complexity index is 841. The molecule has 1 aromatic carbocycles. The summed E-state index contributed by atoms with van der Waals surface area (Å²) in [5.74, 6) is -4.05. The molecule has 2 heterocycles. The number of halogens is 4. The molecular formula is C13H6ClF3N4. The van der Waals surface area contributed by atoms with Crippen LogP contribution >= 0.6 is 11.6 Å². The third-order valence-corrected chi connectivity index (χ3v) is 2.95. The second-order valence-electron chi connectivity index (χ2n) is 4.07. The van der Waals surface area contributed by atoms with E-state index in [-0.39, 0.29) is 22.2 Å². The van der Waals surface area contributed by atoms with Gasteiger partial charge in [-0.3, -0.25) is 0 Å². The first kappa shape index (κ1) is 13.6. The van der Waals surface area contributed by atoms with E-state index in [9.17, 15) is 13.2 Å².